The molecule has 2 aliphatic rings. The van der Waals surface area contributed by atoms with Gasteiger partial charge in [-0.15, -0.1) is 0 Å². The van der Waals surface area contributed by atoms with E-state index in [1.165, 1.54) is 5.56 Å². The topological polar surface area (TPSA) is 49.9 Å². The summed E-state index contributed by atoms with van der Waals surface area (Å²) in [6.45, 7) is 3.89. The first-order valence-electron chi connectivity index (χ1n) is 8.40. The normalized spacial score (nSPS) is 21.1. The second-order valence-electron chi connectivity index (χ2n) is 6.60. The molecule has 5 nitrogen and oxygen atoms in total. The SMILES string of the molecule is COc1ccc(CN2CCCN(S(=O)(=O)CC3CC3)CC2)cc1. The second kappa shape index (κ2) is 7.20. The maximum Gasteiger partial charge on any atom is 0.214 e. The Balaban J connectivity index is 1.55. The molecule has 23 heavy (non-hydrogen) atoms. The van der Waals surface area contributed by atoms with Crippen LogP contribution in [0.4, 0.5) is 0 Å². The van der Waals surface area contributed by atoms with Gasteiger partial charge in [-0.05, 0) is 49.4 Å². The first-order chi connectivity index (χ1) is 11.1. The fraction of sp³-hybridized carbons (Fsp3) is 0.647. The van der Waals surface area contributed by atoms with Crippen LogP contribution in [0.3, 0.4) is 0 Å². The third-order valence-corrected chi connectivity index (χ3v) is 6.69. The summed E-state index contributed by atoms with van der Waals surface area (Å²) in [6.07, 6.45) is 3.06. The Kier molecular flexibility index (Phi) is 5.24. The van der Waals surface area contributed by atoms with Crippen LogP contribution < -0.4 is 4.74 Å². The minimum atomic E-state index is -3.06. The van der Waals surface area contributed by atoms with Gasteiger partial charge < -0.3 is 4.74 Å². The van der Waals surface area contributed by atoms with Crippen molar-refractivity contribution in [2.75, 3.05) is 39.0 Å². The molecular formula is C17H26N2O3S. The van der Waals surface area contributed by atoms with Gasteiger partial charge in [0.05, 0.1) is 12.9 Å². The first-order valence-corrected chi connectivity index (χ1v) is 10.0. The standard InChI is InChI=1S/C17H26N2O3S/c1-22-17-7-5-15(6-8-17)13-18-9-2-10-19(12-11-18)23(20,21)14-16-3-4-16/h5-8,16H,2-4,9-14H2,1H3. The van der Waals surface area contributed by atoms with Crippen molar-refractivity contribution in [2.45, 2.75) is 25.8 Å². The van der Waals surface area contributed by atoms with Crippen molar-refractivity contribution in [2.24, 2.45) is 5.92 Å². The molecule has 1 aromatic rings. The predicted octanol–water partition coefficient (Wildman–Crippen LogP) is 1.94. The van der Waals surface area contributed by atoms with Crippen LogP contribution in [0.25, 0.3) is 0 Å². The molecule has 1 heterocycles. The Morgan fingerprint density at radius 3 is 2.48 bits per heavy atom. The van der Waals surface area contributed by atoms with E-state index in [1.54, 1.807) is 11.4 Å². The van der Waals surface area contributed by atoms with Gasteiger partial charge in [0, 0.05) is 26.2 Å². The predicted molar refractivity (Wildman–Crippen MR) is 91.0 cm³/mol. The highest BCUT2D eigenvalue weighted by molar-refractivity contribution is 7.89. The maximum absolute atomic E-state index is 12.4. The molecule has 0 atom stereocenters. The molecule has 0 N–H and O–H groups in total. The molecule has 1 saturated carbocycles. The molecule has 1 aliphatic carbocycles. The average molecular weight is 338 g/mol. The first kappa shape index (κ1) is 16.7. The highest BCUT2D eigenvalue weighted by atomic mass is 32.2. The summed E-state index contributed by atoms with van der Waals surface area (Å²) in [5.74, 6) is 1.63. The number of ether oxygens (including phenoxy) is 1. The lowest BCUT2D eigenvalue weighted by atomic mass is 10.2. The smallest absolute Gasteiger partial charge is 0.214 e. The van der Waals surface area contributed by atoms with Crippen molar-refractivity contribution in [1.82, 2.24) is 9.21 Å². The molecule has 6 heteroatoms. The van der Waals surface area contributed by atoms with E-state index >= 15 is 0 Å². The molecule has 0 bridgehead atoms. The molecule has 1 aliphatic heterocycles. The molecular weight excluding hydrogens is 312 g/mol. The van der Waals surface area contributed by atoms with E-state index in [0.717, 1.165) is 44.6 Å². The van der Waals surface area contributed by atoms with Gasteiger partial charge in [0.25, 0.3) is 0 Å². The van der Waals surface area contributed by atoms with E-state index < -0.39 is 10.0 Å². The van der Waals surface area contributed by atoms with Gasteiger partial charge in [0.1, 0.15) is 5.75 Å². The van der Waals surface area contributed by atoms with Crippen molar-refractivity contribution in [3.05, 3.63) is 29.8 Å². The van der Waals surface area contributed by atoms with E-state index in [4.69, 9.17) is 4.74 Å². The Bertz CT molecular complexity index is 611. The highest BCUT2D eigenvalue weighted by Gasteiger charge is 2.32. The van der Waals surface area contributed by atoms with Crippen molar-refractivity contribution in [3.63, 3.8) is 0 Å². The summed E-state index contributed by atoms with van der Waals surface area (Å²) in [4.78, 5) is 2.34. The lowest BCUT2D eigenvalue weighted by Crippen LogP contribution is -2.37. The van der Waals surface area contributed by atoms with Crippen molar-refractivity contribution < 1.29 is 13.2 Å². The monoisotopic (exact) mass is 338 g/mol. The lowest BCUT2D eigenvalue weighted by Gasteiger charge is -2.22. The zero-order chi connectivity index (χ0) is 16.3. The van der Waals surface area contributed by atoms with Gasteiger partial charge in [-0.3, -0.25) is 4.90 Å². The summed E-state index contributed by atoms with van der Waals surface area (Å²) in [5, 5.41) is 0. The van der Waals surface area contributed by atoms with Crippen LogP contribution >= 0.6 is 0 Å². The van der Waals surface area contributed by atoms with Crippen molar-refractivity contribution >= 4 is 10.0 Å². The van der Waals surface area contributed by atoms with Crippen molar-refractivity contribution in [1.29, 1.82) is 0 Å². The fourth-order valence-electron chi connectivity index (χ4n) is 3.06. The molecule has 1 aromatic carbocycles. The van der Waals surface area contributed by atoms with E-state index in [-0.39, 0.29) is 0 Å². The molecule has 1 saturated heterocycles. The Morgan fingerprint density at radius 1 is 1.09 bits per heavy atom. The van der Waals surface area contributed by atoms with Crippen LogP contribution in [0, 0.1) is 5.92 Å². The van der Waals surface area contributed by atoms with E-state index in [0.29, 0.717) is 24.8 Å². The van der Waals surface area contributed by atoms with Crippen LogP contribution in [-0.2, 0) is 16.6 Å². The molecule has 0 spiro atoms. The molecule has 0 aromatic heterocycles. The summed E-state index contributed by atoms with van der Waals surface area (Å²) < 4.78 is 31.7. The maximum atomic E-state index is 12.4. The Hall–Kier alpha value is -1.11. The van der Waals surface area contributed by atoms with E-state index in [2.05, 4.69) is 17.0 Å². The summed E-state index contributed by atoms with van der Waals surface area (Å²) in [6, 6.07) is 8.09. The minimum Gasteiger partial charge on any atom is -0.497 e. The number of sulfonamides is 1. The van der Waals surface area contributed by atoms with Gasteiger partial charge in [0.2, 0.25) is 10.0 Å². The quantitative estimate of drug-likeness (QED) is 0.795. The highest BCUT2D eigenvalue weighted by Crippen LogP contribution is 2.31. The van der Waals surface area contributed by atoms with Gasteiger partial charge in [0.15, 0.2) is 0 Å². The van der Waals surface area contributed by atoms with Gasteiger partial charge >= 0.3 is 0 Å². The van der Waals surface area contributed by atoms with Crippen LogP contribution in [0.2, 0.25) is 0 Å². The number of hydrogen-bond donors (Lipinski definition) is 0. The fourth-order valence-corrected chi connectivity index (χ4v) is 4.97. The molecule has 3 rings (SSSR count). The second-order valence-corrected chi connectivity index (χ2v) is 8.61. The molecule has 2 fully saturated rings. The van der Waals surface area contributed by atoms with Crippen molar-refractivity contribution in [3.8, 4) is 5.75 Å². The summed E-state index contributed by atoms with van der Waals surface area (Å²) in [7, 11) is -1.39. The Morgan fingerprint density at radius 2 is 1.83 bits per heavy atom. The summed E-state index contributed by atoms with van der Waals surface area (Å²) >= 11 is 0. The van der Waals surface area contributed by atoms with Crippen LogP contribution in [0.15, 0.2) is 24.3 Å². The number of benzene rings is 1. The number of methoxy groups -OCH3 is 1. The van der Waals surface area contributed by atoms with Gasteiger partial charge in [-0.2, -0.15) is 0 Å². The number of nitrogens with zero attached hydrogens (tertiary/aromatic N) is 2. The third kappa shape index (κ3) is 4.68. The molecule has 0 radical (unpaired) electrons. The third-order valence-electron chi connectivity index (χ3n) is 4.65. The number of rotatable bonds is 6. The molecule has 0 unspecified atom stereocenters. The molecule has 0 amide bonds. The zero-order valence-electron chi connectivity index (χ0n) is 13.8. The minimum absolute atomic E-state index is 0.353. The van der Waals surface area contributed by atoms with Crippen LogP contribution in [0.5, 0.6) is 5.75 Å². The van der Waals surface area contributed by atoms with Gasteiger partial charge in [-0.1, -0.05) is 12.1 Å². The van der Waals surface area contributed by atoms with E-state index in [1.807, 2.05) is 12.1 Å². The van der Waals surface area contributed by atoms with Crippen LogP contribution in [-0.4, -0.2) is 56.7 Å². The Labute approximate surface area is 139 Å². The number of hydrogen-bond acceptors (Lipinski definition) is 4. The lowest BCUT2D eigenvalue weighted by molar-refractivity contribution is 0.278. The largest absolute Gasteiger partial charge is 0.497 e. The van der Waals surface area contributed by atoms with Gasteiger partial charge in [-0.25, -0.2) is 12.7 Å². The summed E-state index contributed by atoms with van der Waals surface area (Å²) in [5.41, 5.74) is 1.24. The zero-order valence-corrected chi connectivity index (χ0v) is 14.6. The van der Waals surface area contributed by atoms with E-state index in [9.17, 15) is 8.42 Å². The average Bonchev–Trinajstić information content (AvgIpc) is 3.35. The van der Waals surface area contributed by atoms with Crippen LogP contribution in [0.1, 0.15) is 24.8 Å². The molecule has 128 valence electrons.